The highest BCUT2D eigenvalue weighted by Gasteiger charge is 2.21. The molecule has 0 fully saturated rings. The Hall–Kier alpha value is -2.26. The first-order valence-electron chi connectivity index (χ1n) is 8.87. The number of aromatic amines is 1. The van der Waals surface area contributed by atoms with E-state index in [2.05, 4.69) is 15.3 Å². The van der Waals surface area contributed by atoms with Crippen molar-refractivity contribution in [2.45, 2.75) is 31.4 Å². The normalized spacial score (nSPS) is 13.1. The summed E-state index contributed by atoms with van der Waals surface area (Å²) in [5.41, 5.74) is 1.29. The second-order valence-electron chi connectivity index (χ2n) is 6.53. The molecule has 0 spiro atoms. The Morgan fingerprint density at radius 3 is 2.96 bits per heavy atom. The van der Waals surface area contributed by atoms with Gasteiger partial charge >= 0.3 is 0 Å². The molecular formula is C19H17F2N3O2S2. The molecule has 0 radical (unpaired) electrons. The standard InChI is InChI=1S/C19H17F2N3O2S2/c20-12-5-4-10(8-13(12)21)22-16(25)6-7-27-9-15-23-18(26)17-11-2-1-3-14(11)28-19(17)24-15/h4-5,8H,1-3,6-7,9H2,(H,22,25)(H,23,24,26). The van der Waals surface area contributed by atoms with Crippen LogP contribution < -0.4 is 10.9 Å². The lowest BCUT2D eigenvalue weighted by molar-refractivity contribution is -0.115. The van der Waals surface area contributed by atoms with Gasteiger partial charge in [0.2, 0.25) is 5.91 Å². The first-order chi connectivity index (χ1) is 13.5. The van der Waals surface area contributed by atoms with Crippen molar-refractivity contribution in [3.63, 3.8) is 0 Å². The molecular weight excluding hydrogens is 404 g/mol. The summed E-state index contributed by atoms with van der Waals surface area (Å²) in [5.74, 6) is -0.640. The minimum absolute atomic E-state index is 0.0870. The Balaban J connectivity index is 1.31. The predicted molar refractivity (Wildman–Crippen MR) is 108 cm³/mol. The number of thiophene rings is 1. The fourth-order valence-corrected chi connectivity index (χ4v) is 5.33. The number of anilines is 1. The molecule has 1 amide bonds. The van der Waals surface area contributed by atoms with Crippen LogP contribution in [0.5, 0.6) is 0 Å². The van der Waals surface area contributed by atoms with Gasteiger partial charge in [0.1, 0.15) is 10.7 Å². The molecule has 5 nitrogen and oxygen atoms in total. The molecule has 0 aliphatic heterocycles. The van der Waals surface area contributed by atoms with Crippen molar-refractivity contribution in [3.8, 4) is 0 Å². The molecule has 3 aromatic rings. The van der Waals surface area contributed by atoms with Gasteiger partial charge in [-0.15, -0.1) is 11.3 Å². The first kappa shape index (κ1) is 19.1. The molecule has 146 valence electrons. The van der Waals surface area contributed by atoms with E-state index in [-0.39, 0.29) is 23.6 Å². The highest BCUT2D eigenvalue weighted by molar-refractivity contribution is 7.98. The molecule has 1 aliphatic carbocycles. The van der Waals surface area contributed by atoms with Gasteiger partial charge in [0.05, 0.1) is 11.1 Å². The topological polar surface area (TPSA) is 74.8 Å². The van der Waals surface area contributed by atoms with E-state index in [0.717, 1.165) is 47.2 Å². The molecule has 0 atom stereocenters. The molecule has 4 rings (SSSR count). The molecule has 0 saturated carbocycles. The van der Waals surface area contributed by atoms with Gasteiger partial charge < -0.3 is 10.3 Å². The highest BCUT2D eigenvalue weighted by atomic mass is 32.2. The van der Waals surface area contributed by atoms with Crippen LogP contribution in [0.3, 0.4) is 0 Å². The third-order valence-electron chi connectivity index (χ3n) is 4.54. The Morgan fingerprint density at radius 1 is 1.29 bits per heavy atom. The number of carbonyl (C=O) groups is 1. The number of aromatic nitrogens is 2. The van der Waals surface area contributed by atoms with Crippen molar-refractivity contribution in [2.75, 3.05) is 11.1 Å². The lowest BCUT2D eigenvalue weighted by Gasteiger charge is -2.06. The summed E-state index contributed by atoms with van der Waals surface area (Å²) in [5, 5.41) is 3.27. The summed E-state index contributed by atoms with van der Waals surface area (Å²) >= 11 is 3.08. The van der Waals surface area contributed by atoms with Crippen LogP contribution in [0.15, 0.2) is 23.0 Å². The predicted octanol–water partition coefficient (Wildman–Crippen LogP) is 4.01. The molecule has 28 heavy (non-hydrogen) atoms. The van der Waals surface area contributed by atoms with Gasteiger partial charge in [0.15, 0.2) is 11.6 Å². The van der Waals surface area contributed by atoms with Crippen LogP contribution in [-0.4, -0.2) is 21.6 Å². The number of benzene rings is 1. The second kappa shape index (κ2) is 8.00. The zero-order chi connectivity index (χ0) is 19.7. The molecule has 1 aliphatic rings. The zero-order valence-corrected chi connectivity index (χ0v) is 16.4. The van der Waals surface area contributed by atoms with Crippen LogP contribution in [0, 0.1) is 11.6 Å². The molecule has 2 N–H and O–H groups in total. The van der Waals surface area contributed by atoms with E-state index in [9.17, 15) is 18.4 Å². The molecule has 0 bridgehead atoms. The van der Waals surface area contributed by atoms with Crippen molar-refractivity contribution in [1.82, 2.24) is 9.97 Å². The van der Waals surface area contributed by atoms with Gasteiger partial charge in [-0.25, -0.2) is 13.8 Å². The number of rotatable bonds is 6. The number of nitrogens with one attached hydrogen (secondary N) is 2. The van der Waals surface area contributed by atoms with E-state index in [1.165, 1.54) is 22.7 Å². The van der Waals surface area contributed by atoms with Crippen LogP contribution in [0.25, 0.3) is 10.2 Å². The third kappa shape index (κ3) is 3.95. The van der Waals surface area contributed by atoms with E-state index >= 15 is 0 Å². The van der Waals surface area contributed by atoms with Crippen LogP contribution in [-0.2, 0) is 23.4 Å². The molecule has 2 aromatic heterocycles. The van der Waals surface area contributed by atoms with Crippen molar-refractivity contribution in [1.29, 1.82) is 0 Å². The maximum atomic E-state index is 13.2. The number of H-pyrrole nitrogens is 1. The molecule has 9 heteroatoms. The summed E-state index contributed by atoms with van der Waals surface area (Å²) in [6.07, 6.45) is 3.28. The van der Waals surface area contributed by atoms with E-state index in [0.29, 0.717) is 17.3 Å². The quantitative estimate of drug-likeness (QED) is 0.590. The number of nitrogens with zero attached hydrogens (tertiary/aromatic N) is 1. The minimum atomic E-state index is -1.00. The van der Waals surface area contributed by atoms with Crippen LogP contribution >= 0.6 is 23.1 Å². The van der Waals surface area contributed by atoms with E-state index in [1.54, 1.807) is 11.3 Å². The van der Waals surface area contributed by atoms with Gasteiger partial charge in [-0.2, -0.15) is 11.8 Å². The van der Waals surface area contributed by atoms with Crippen LogP contribution in [0.2, 0.25) is 0 Å². The monoisotopic (exact) mass is 421 g/mol. The number of halogens is 2. The van der Waals surface area contributed by atoms with Crippen molar-refractivity contribution >= 4 is 44.9 Å². The molecule has 2 heterocycles. The average Bonchev–Trinajstić information content (AvgIpc) is 3.22. The maximum absolute atomic E-state index is 13.2. The van der Waals surface area contributed by atoms with Gasteiger partial charge in [0.25, 0.3) is 5.56 Å². The van der Waals surface area contributed by atoms with Gasteiger partial charge in [-0.3, -0.25) is 9.59 Å². The Labute approximate surface area is 167 Å². The van der Waals surface area contributed by atoms with E-state index in [4.69, 9.17) is 0 Å². The number of amides is 1. The SMILES string of the molecule is O=C(CCSCc1nc2sc3c(c2c(=O)[nH]1)CCC3)Nc1ccc(F)c(F)c1. The number of carbonyl (C=O) groups excluding carboxylic acids is 1. The second-order valence-corrected chi connectivity index (χ2v) is 8.72. The number of aryl methyl sites for hydroxylation is 2. The fourth-order valence-electron chi connectivity index (χ4n) is 3.25. The molecule has 1 aromatic carbocycles. The van der Waals surface area contributed by atoms with Crippen LogP contribution in [0.4, 0.5) is 14.5 Å². The molecule has 0 unspecified atom stereocenters. The van der Waals surface area contributed by atoms with Crippen LogP contribution in [0.1, 0.15) is 29.1 Å². The fraction of sp³-hybridized carbons (Fsp3) is 0.316. The van der Waals surface area contributed by atoms with Crippen molar-refractivity contribution < 1.29 is 13.6 Å². The largest absolute Gasteiger partial charge is 0.326 e. The number of fused-ring (bicyclic) bond motifs is 3. The Bertz CT molecular complexity index is 1110. The maximum Gasteiger partial charge on any atom is 0.259 e. The number of hydrogen-bond acceptors (Lipinski definition) is 5. The Kier molecular flexibility index (Phi) is 5.45. The first-order valence-corrected chi connectivity index (χ1v) is 10.8. The summed E-state index contributed by atoms with van der Waals surface area (Å²) in [4.78, 5) is 33.8. The van der Waals surface area contributed by atoms with Crippen molar-refractivity contribution in [3.05, 3.63) is 56.5 Å². The van der Waals surface area contributed by atoms with E-state index < -0.39 is 11.6 Å². The molecule has 0 saturated heterocycles. The summed E-state index contributed by atoms with van der Waals surface area (Å²) in [6.45, 7) is 0. The van der Waals surface area contributed by atoms with Gasteiger partial charge in [-0.1, -0.05) is 0 Å². The van der Waals surface area contributed by atoms with Gasteiger partial charge in [0, 0.05) is 28.8 Å². The highest BCUT2D eigenvalue weighted by Crippen LogP contribution is 2.34. The lowest BCUT2D eigenvalue weighted by atomic mass is 10.2. The number of thioether (sulfide) groups is 1. The summed E-state index contributed by atoms with van der Waals surface area (Å²) < 4.78 is 26.1. The smallest absolute Gasteiger partial charge is 0.259 e. The summed E-state index contributed by atoms with van der Waals surface area (Å²) in [6, 6.07) is 3.23. The van der Waals surface area contributed by atoms with Gasteiger partial charge in [-0.05, 0) is 37.0 Å². The van der Waals surface area contributed by atoms with Crippen molar-refractivity contribution in [2.24, 2.45) is 0 Å². The zero-order valence-electron chi connectivity index (χ0n) is 14.8. The van der Waals surface area contributed by atoms with E-state index in [1.807, 2.05) is 0 Å². The minimum Gasteiger partial charge on any atom is -0.326 e. The summed E-state index contributed by atoms with van der Waals surface area (Å²) in [7, 11) is 0. The number of hydrogen-bond donors (Lipinski definition) is 2. The Morgan fingerprint density at radius 2 is 2.14 bits per heavy atom. The lowest BCUT2D eigenvalue weighted by Crippen LogP contribution is -2.13. The average molecular weight is 421 g/mol. The third-order valence-corrected chi connectivity index (χ3v) is 6.70.